The van der Waals surface area contributed by atoms with E-state index in [4.69, 9.17) is 4.98 Å². The molecule has 2 amide bonds. The summed E-state index contributed by atoms with van der Waals surface area (Å²) in [6.07, 6.45) is 6.85. The first kappa shape index (κ1) is 19.8. The molecule has 2 aliphatic rings. The fourth-order valence-corrected chi connectivity index (χ4v) is 4.96. The van der Waals surface area contributed by atoms with E-state index in [0.717, 1.165) is 42.3 Å². The lowest BCUT2D eigenvalue weighted by atomic mass is 10.1. The number of hydrogen-bond donors (Lipinski definition) is 1. The molecule has 0 spiro atoms. The van der Waals surface area contributed by atoms with Gasteiger partial charge < -0.3 is 5.32 Å². The van der Waals surface area contributed by atoms with Gasteiger partial charge in [0.25, 0.3) is 5.91 Å². The largest absolute Gasteiger partial charge is 0.352 e. The van der Waals surface area contributed by atoms with Crippen molar-refractivity contribution in [2.75, 3.05) is 4.90 Å². The maximum atomic E-state index is 13.6. The van der Waals surface area contributed by atoms with Crippen molar-refractivity contribution in [2.24, 2.45) is 0 Å². The molecule has 0 radical (unpaired) electrons. The Kier molecular flexibility index (Phi) is 5.45. The summed E-state index contributed by atoms with van der Waals surface area (Å²) in [5.74, 6) is 0.600. The average molecular weight is 417 g/mol. The summed E-state index contributed by atoms with van der Waals surface area (Å²) < 4.78 is 1.99. The molecule has 0 bridgehead atoms. The predicted molar refractivity (Wildman–Crippen MR) is 121 cm³/mol. The van der Waals surface area contributed by atoms with Crippen LogP contribution in [-0.2, 0) is 16.1 Å². The number of amides is 2. The van der Waals surface area contributed by atoms with Gasteiger partial charge in [-0.2, -0.15) is 0 Å². The topological polar surface area (TPSA) is 67.2 Å². The van der Waals surface area contributed by atoms with E-state index in [0.29, 0.717) is 12.5 Å². The molecule has 1 aliphatic heterocycles. The molecular weight excluding hydrogens is 388 g/mol. The zero-order valence-electron chi connectivity index (χ0n) is 17.7. The van der Waals surface area contributed by atoms with Crippen molar-refractivity contribution in [3.8, 4) is 0 Å². The minimum absolute atomic E-state index is 0.00927. The van der Waals surface area contributed by atoms with E-state index in [-0.39, 0.29) is 24.3 Å². The quantitative estimate of drug-likeness (QED) is 0.629. The van der Waals surface area contributed by atoms with Crippen LogP contribution in [0.5, 0.6) is 0 Å². The molecule has 1 N–H and O–H groups in total. The third-order valence-electron chi connectivity index (χ3n) is 6.53. The molecular formula is C25H28N4O2. The van der Waals surface area contributed by atoms with Gasteiger partial charge in [-0.1, -0.05) is 68.1 Å². The van der Waals surface area contributed by atoms with E-state index >= 15 is 0 Å². The number of rotatable bonds is 5. The lowest BCUT2D eigenvalue weighted by molar-refractivity contribution is -0.127. The second-order valence-corrected chi connectivity index (χ2v) is 8.61. The maximum absolute atomic E-state index is 13.6. The lowest BCUT2D eigenvalue weighted by Gasteiger charge is -2.25. The van der Waals surface area contributed by atoms with E-state index < -0.39 is 6.04 Å². The van der Waals surface area contributed by atoms with Crippen molar-refractivity contribution >= 4 is 28.8 Å². The summed E-state index contributed by atoms with van der Waals surface area (Å²) in [6, 6.07) is 17.3. The van der Waals surface area contributed by atoms with Gasteiger partial charge >= 0.3 is 0 Å². The molecule has 1 saturated carbocycles. The number of aromatic nitrogens is 2. The van der Waals surface area contributed by atoms with Crippen molar-refractivity contribution < 1.29 is 9.59 Å². The first-order chi connectivity index (χ1) is 15.2. The standard InChI is InChI=1S/C25H28N4O2/c30-23(26-17-18-10-4-3-5-11-18)16-22-24(31)28(19-12-6-1-2-7-13-19)25-27-20-14-8-9-15-21(20)29(22)25/h3-5,8-11,14-15,19,22H,1-2,6-7,12-13,16-17H2,(H,26,30)/t22-/m1/s1. The highest BCUT2D eigenvalue weighted by Gasteiger charge is 2.43. The van der Waals surface area contributed by atoms with Gasteiger partial charge in [-0.3, -0.25) is 19.1 Å². The first-order valence-corrected chi connectivity index (χ1v) is 11.3. The molecule has 3 aromatic rings. The van der Waals surface area contributed by atoms with Crippen LogP contribution in [0.25, 0.3) is 11.0 Å². The summed E-state index contributed by atoms with van der Waals surface area (Å²) in [4.78, 5) is 33.1. The molecule has 0 saturated heterocycles. The maximum Gasteiger partial charge on any atom is 0.253 e. The molecule has 1 aromatic heterocycles. The molecule has 1 aliphatic carbocycles. The number of fused-ring (bicyclic) bond motifs is 3. The van der Waals surface area contributed by atoms with E-state index in [1.165, 1.54) is 12.8 Å². The Hall–Kier alpha value is -3.15. The third kappa shape index (κ3) is 3.82. The summed E-state index contributed by atoms with van der Waals surface area (Å²) in [6.45, 7) is 0.463. The van der Waals surface area contributed by atoms with Crippen molar-refractivity contribution in [1.29, 1.82) is 0 Å². The highest BCUT2D eigenvalue weighted by Crippen LogP contribution is 2.39. The van der Waals surface area contributed by atoms with Gasteiger partial charge in [0.2, 0.25) is 11.9 Å². The fraction of sp³-hybridized carbons (Fsp3) is 0.400. The Morgan fingerprint density at radius 3 is 2.45 bits per heavy atom. The molecule has 1 atom stereocenters. The number of benzene rings is 2. The molecule has 31 heavy (non-hydrogen) atoms. The highest BCUT2D eigenvalue weighted by molar-refractivity contribution is 6.04. The number of carbonyl (C=O) groups excluding carboxylic acids is 2. The fourth-order valence-electron chi connectivity index (χ4n) is 4.96. The van der Waals surface area contributed by atoms with Crippen LogP contribution in [0.3, 0.4) is 0 Å². The SMILES string of the molecule is O=C(C[C@@H]1C(=O)N(C2CCCCCC2)c2nc3ccccc3n21)NCc1ccccc1. The van der Waals surface area contributed by atoms with E-state index in [1.807, 2.05) is 64.1 Å². The van der Waals surface area contributed by atoms with Crippen LogP contribution in [0.4, 0.5) is 5.95 Å². The summed E-state index contributed by atoms with van der Waals surface area (Å²) >= 11 is 0. The van der Waals surface area contributed by atoms with Crippen molar-refractivity contribution in [3.63, 3.8) is 0 Å². The average Bonchev–Trinajstić information content (AvgIpc) is 3.13. The Labute approximate surface area is 182 Å². The zero-order chi connectivity index (χ0) is 21.2. The van der Waals surface area contributed by atoms with Crippen LogP contribution in [0, 0.1) is 0 Å². The van der Waals surface area contributed by atoms with E-state index in [9.17, 15) is 9.59 Å². The molecule has 6 heteroatoms. The van der Waals surface area contributed by atoms with Crippen LogP contribution >= 0.6 is 0 Å². The zero-order valence-corrected chi connectivity index (χ0v) is 17.7. The number of para-hydroxylation sites is 2. The number of anilines is 1. The van der Waals surface area contributed by atoms with Crippen molar-refractivity contribution in [3.05, 3.63) is 60.2 Å². The predicted octanol–water partition coefficient (Wildman–Crippen LogP) is 4.35. The molecule has 2 aromatic carbocycles. The van der Waals surface area contributed by atoms with Crippen molar-refractivity contribution in [2.45, 2.75) is 63.6 Å². The van der Waals surface area contributed by atoms with Crippen LogP contribution in [0.2, 0.25) is 0 Å². The van der Waals surface area contributed by atoms with Crippen LogP contribution in [0.1, 0.15) is 56.6 Å². The summed E-state index contributed by atoms with van der Waals surface area (Å²) in [5.41, 5.74) is 2.84. The molecule has 0 unspecified atom stereocenters. The lowest BCUT2D eigenvalue weighted by Crippen LogP contribution is -2.40. The van der Waals surface area contributed by atoms with Gasteiger partial charge in [0.05, 0.1) is 17.5 Å². The third-order valence-corrected chi connectivity index (χ3v) is 6.53. The van der Waals surface area contributed by atoms with Crippen LogP contribution < -0.4 is 10.2 Å². The van der Waals surface area contributed by atoms with E-state index in [2.05, 4.69) is 5.32 Å². The van der Waals surface area contributed by atoms with Gasteiger partial charge in [-0.15, -0.1) is 0 Å². The van der Waals surface area contributed by atoms with Gasteiger partial charge in [0.1, 0.15) is 6.04 Å². The van der Waals surface area contributed by atoms with Gasteiger partial charge in [-0.25, -0.2) is 4.98 Å². The molecule has 6 nitrogen and oxygen atoms in total. The minimum Gasteiger partial charge on any atom is -0.352 e. The second-order valence-electron chi connectivity index (χ2n) is 8.61. The van der Waals surface area contributed by atoms with Gasteiger partial charge in [0.15, 0.2) is 0 Å². The second kappa shape index (κ2) is 8.53. The Morgan fingerprint density at radius 1 is 0.968 bits per heavy atom. The van der Waals surface area contributed by atoms with Crippen LogP contribution in [0.15, 0.2) is 54.6 Å². The molecule has 2 heterocycles. The van der Waals surface area contributed by atoms with Gasteiger partial charge in [-0.05, 0) is 30.5 Å². The number of carbonyl (C=O) groups is 2. The highest BCUT2D eigenvalue weighted by atomic mass is 16.2. The van der Waals surface area contributed by atoms with Crippen LogP contribution in [-0.4, -0.2) is 27.4 Å². The molecule has 1 fully saturated rings. The number of nitrogens with zero attached hydrogens (tertiary/aromatic N) is 3. The number of nitrogens with one attached hydrogen (secondary N) is 1. The molecule has 5 rings (SSSR count). The Balaban J connectivity index is 1.42. The number of hydrogen-bond acceptors (Lipinski definition) is 3. The minimum atomic E-state index is -0.540. The Morgan fingerprint density at radius 2 is 1.68 bits per heavy atom. The Bertz CT molecular complexity index is 1080. The summed E-state index contributed by atoms with van der Waals surface area (Å²) in [7, 11) is 0. The van der Waals surface area contributed by atoms with Gasteiger partial charge in [0, 0.05) is 12.6 Å². The van der Waals surface area contributed by atoms with E-state index in [1.54, 1.807) is 0 Å². The normalized spacial score (nSPS) is 19.4. The van der Waals surface area contributed by atoms with Crippen molar-refractivity contribution in [1.82, 2.24) is 14.9 Å². The monoisotopic (exact) mass is 416 g/mol. The smallest absolute Gasteiger partial charge is 0.253 e. The molecule has 160 valence electrons. The number of imidazole rings is 1. The first-order valence-electron chi connectivity index (χ1n) is 11.3. The summed E-state index contributed by atoms with van der Waals surface area (Å²) in [5, 5.41) is 2.98.